The average molecular weight is 523 g/mol. The zero-order chi connectivity index (χ0) is 26.9. The molecule has 0 N–H and O–H groups in total. The number of benzene rings is 7. The molecule has 41 heavy (non-hydrogen) atoms. The Morgan fingerprint density at radius 3 is 1.90 bits per heavy atom. The zero-order valence-corrected chi connectivity index (χ0v) is 22.0. The third-order valence-electron chi connectivity index (χ3n) is 8.28. The van der Waals surface area contributed by atoms with Gasteiger partial charge in [0.2, 0.25) is 0 Å². The Morgan fingerprint density at radius 2 is 1.10 bits per heavy atom. The van der Waals surface area contributed by atoms with Gasteiger partial charge in [0.05, 0.1) is 22.9 Å². The lowest BCUT2D eigenvalue weighted by atomic mass is 9.97. The second kappa shape index (κ2) is 8.48. The average Bonchev–Trinajstić information content (AvgIpc) is 3.43. The molecule has 9 rings (SSSR count). The van der Waals surface area contributed by atoms with Gasteiger partial charge in [-0.05, 0) is 45.3 Å². The van der Waals surface area contributed by atoms with Gasteiger partial charge in [0.15, 0.2) is 0 Å². The Kier molecular flexibility index (Phi) is 4.61. The number of para-hydroxylation sites is 2. The predicted octanol–water partition coefficient (Wildman–Crippen LogP) is 10.3. The predicted molar refractivity (Wildman–Crippen MR) is 170 cm³/mol. The molecule has 0 aliphatic heterocycles. The van der Waals surface area contributed by atoms with Crippen LogP contribution in [0, 0.1) is 0 Å². The molecule has 0 spiro atoms. The lowest BCUT2D eigenvalue weighted by molar-refractivity contribution is 0.670. The van der Waals surface area contributed by atoms with Crippen molar-refractivity contribution in [1.29, 1.82) is 0 Å². The summed E-state index contributed by atoms with van der Waals surface area (Å²) in [5.74, 6) is 0. The molecule has 7 aromatic carbocycles. The first kappa shape index (κ1) is 22.3. The highest BCUT2D eigenvalue weighted by Gasteiger charge is 2.14. The van der Waals surface area contributed by atoms with E-state index in [1.165, 1.54) is 16.2 Å². The van der Waals surface area contributed by atoms with Crippen LogP contribution in [0.2, 0.25) is 0 Å². The van der Waals surface area contributed by atoms with Crippen molar-refractivity contribution in [2.45, 2.75) is 0 Å². The maximum Gasteiger partial charge on any atom is 0.143 e. The summed E-state index contributed by atoms with van der Waals surface area (Å²) in [5, 5.41) is 9.26. The van der Waals surface area contributed by atoms with Crippen LogP contribution in [0.3, 0.4) is 0 Å². The molecule has 0 fully saturated rings. The third kappa shape index (κ3) is 3.33. The van der Waals surface area contributed by atoms with E-state index in [1.54, 1.807) is 0 Å². The fourth-order valence-electron chi connectivity index (χ4n) is 6.31. The van der Waals surface area contributed by atoms with Gasteiger partial charge in [-0.15, -0.1) is 0 Å². The van der Waals surface area contributed by atoms with Gasteiger partial charge in [0, 0.05) is 32.7 Å². The summed E-state index contributed by atoms with van der Waals surface area (Å²) in [5.41, 5.74) is 7.83. The highest BCUT2D eigenvalue weighted by Crippen LogP contribution is 2.38. The normalized spacial score (nSPS) is 11.9. The van der Waals surface area contributed by atoms with Gasteiger partial charge in [-0.3, -0.25) is 4.98 Å². The molecule has 190 valence electrons. The molecule has 0 amide bonds. The first-order chi connectivity index (χ1) is 20.3. The maximum atomic E-state index is 6.33. The summed E-state index contributed by atoms with van der Waals surface area (Å²) < 4.78 is 6.33. The first-order valence-corrected chi connectivity index (χ1v) is 13.8. The Labute approximate surface area is 235 Å². The van der Waals surface area contributed by atoms with E-state index in [4.69, 9.17) is 14.4 Å². The summed E-state index contributed by atoms with van der Waals surface area (Å²) >= 11 is 0. The highest BCUT2D eigenvalue weighted by atomic mass is 16.3. The summed E-state index contributed by atoms with van der Waals surface area (Å²) in [6.07, 6.45) is 1.91. The van der Waals surface area contributed by atoms with E-state index >= 15 is 0 Å². The van der Waals surface area contributed by atoms with Crippen molar-refractivity contribution in [2.24, 2.45) is 0 Å². The molecular formula is C38H22N2O. The number of hydrogen-bond acceptors (Lipinski definition) is 3. The molecule has 0 saturated carbocycles. The minimum absolute atomic E-state index is 0.865. The zero-order valence-electron chi connectivity index (χ0n) is 22.0. The third-order valence-corrected chi connectivity index (χ3v) is 8.28. The maximum absolute atomic E-state index is 6.33. The van der Waals surface area contributed by atoms with E-state index < -0.39 is 0 Å². The van der Waals surface area contributed by atoms with Crippen LogP contribution < -0.4 is 0 Å². The number of rotatable bonds is 2. The van der Waals surface area contributed by atoms with Crippen LogP contribution in [0.4, 0.5) is 0 Å². The van der Waals surface area contributed by atoms with Crippen LogP contribution in [0.1, 0.15) is 0 Å². The van der Waals surface area contributed by atoms with Crippen molar-refractivity contribution >= 4 is 65.3 Å². The number of aromatic nitrogens is 2. The SMILES string of the molecule is c1ccc2c(c1)oc1c(-c3ccc4ccc(-c5cnc6c7ccccc7c7ccccc7c6n5)cc4c3)cccc12. The molecule has 0 atom stereocenters. The second-order valence-corrected chi connectivity index (χ2v) is 10.6. The van der Waals surface area contributed by atoms with Crippen LogP contribution in [0.25, 0.3) is 87.7 Å². The van der Waals surface area contributed by atoms with Crippen molar-refractivity contribution in [3.8, 4) is 22.4 Å². The summed E-state index contributed by atoms with van der Waals surface area (Å²) in [7, 11) is 0. The van der Waals surface area contributed by atoms with Crippen molar-refractivity contribution < 1.29 is 4.42 Å². The minimum Gasteiger partial charge on any atom is -0.455 e. The van der Waals surface area contributed by atoms with Gasteiger partial charge >= 0.3 is 0 Å². The van der Waals surface area contributed by atoms with Crippen molar-refractivity contribution in [1.82, 2.24) is 9.97 Å². The summed E-state index contributed by atoms with van der Waals surface area (Å²) in [4.78, 5) is 10.2. The molecule has 0 aliphatic carbocycles. The number of nitrogens with zero attached hydrogens (tertiary/aromatic N) is 2. The van der Waals surface area contributed by atoms with Gasteiger partial charge in [0.1, 0.15) is 11.2 Å². The highest BCUT2D eigenvalue weighted by molar-refractivity contribution is 6.23. The Bertz CT molecular complexity index is 2450. The minimum atomic E-state index is 0.865. The Morgan fingerprint density at radius 1 is 0.463 bits per heavy atom. The van der Waals surface area contributed by atoms with Gasteiger partial charge in [-0.25, -0.2) is 4.98 Å². The van der Waals surface area contributed by atoms with E-state index in [9.17, 15) is 0 Å². The van der Waals surface area contributed by atoms with E-state index in [2.05, 4.69) is 115 Å². The van der Waals surface area contributed by atoms with Crippen molar-refractivity contribution in [2.75, 3.05) is 0 Å². The largest absolute Gasteiger partial charge is 0.455 e. The van der Waals surface area contributed by atoms with E-state index in [-0.39, 0.29) is 0 Å². The standard InChI is InChI=1S/C38H22N2O/c1-3-11-31-28(8-1)29-9-2-4-12-32(29)37-36(31)39-22-34(40-37)25-19-17-23-16-18-24(20-26(23)21-25)27-13-7-14-33-30-10-5-6-15-35(30)41-38(27)33/h1-22H. The molecule has 0 saturated heterocycles. The quantitative estimate of drug-likeness (QED) is 0.212. The lowest BCUT2D eigenvalue weighted by Gasteiger charge is -2.11. The van der Waals surface area contributed by atoms with Crippen LogP contribution in [-0.4, -0.2) is 9.97 Å². The summed E-state index contributed by atoms with van der Waals surface area (Å²) in [6.45, 7) is 0. The van der Waals surface area contributed by atoms with Crippen molar-refractivity contribution in [3.63, 3.8) is 0 Å². The summed E-state index contributed by atoms with van der Waals surface area (Å²) in [6, 6.07) is 44.7. The molecule has 2 heterocycles. The molecule has 3 nitrogen and oxygen atoms in total. The van der Waals surface area contributed by atoms with Crippen LogP contribution in [-0.2, 0) is 0 Å². The molecule has 9 aromatic rings. The lowest BCUT2D eigenvalue weighted by Crippen LogP contribution is -1.92. The molecule has 0 radical (unpaired) electrons. The Hall–Kier alpha value is -5.54. The first-order valence-electron chi connectivity index (χ1n) is 13.8. The molecular weight excluding hydrogens is 500 g/mol. The molecule has 0 bridgehead atoms. The van der Waals surface area contributed by atoms with Crippen LogP contribution in [0.15, 0.2) is 138 Å². The van der Waals surface area contributed by atoms with Crippen molar-refractivity contribution in [3.05, 3.63) is 134 Å². The van der Waals surface area contributed by atoms with Gasteiger partial charge in [-0.1, -0.05) is 109 Å². The fourth-order valence-corrected chi connectivity index (χ4v) is 6.31. The topological polar surface area (TPSA) is 38.9 Å². The van der Waals surface area contributed by atoms with Gasteiger partial charge < -0.3 is 4.42 Å². The number of furan rings is 1. The molecule has 2 aromatic heterocycles. The second-order valence-electron chi connectivity index (χ2n) is 10.6. The smallest absolute Gasteiger partial charge is 0.143 e. The van der Waals surface area contributed by atoms with E-state index in [0.717, 1.165) is 71.5 Å². The number of fused-ring (bicyclic) bond motifs is 10. The fraction of sp³-hybridized carbons (Fsp3) is 0. The van der Waals surface area contributed by atoms with Gasteiger partial charge in [-0.2, -0.15) is 0 Å². The van der Waals surface area contributed by atoms with E-state index in [0.29, 0.717) is 0 Å². The molecule has 3 heteroatoms. The Balaban J connectivity index is 1.22. The molecule has 0 aliphatic rings. The molecule has 0 unspecified atom stereocenters. The van der Waals surface area contributed by atoms with E-state index in [1.807, 2.05) is 18.3 Å². The van der Waals surface area contributed by atoms with Crippen LogP contribution >= 0.6 is 0 Å². The monoisotopic (exact) mass is 522 g/mol. The van der Waals surface area contributed by atoms with Crippen LogP contribution in [0.5, 0.6) is 0 Å². The van der Waals surface area contributed by atoms with Gasteiger partial charge in [0.25, 0.3) is 0 Å². The number of hydrogen-bond donors (Lipinski definition) is 0.